The number of methoxy groups -OCH3 is 1. The Balaban J connectivity index is 1.41. The van der Waals surface area contributed by atoms with Crippen LogP contribution in [0.5, 0.6) is 5.75 Å². The number of halogens is 1. The first-order valence-electron chi connectivity index (χ1n) is 12.3. The second-order valence-electron chi connectivity index (χ2n) is 9.39. The molecule has 8 nitrogen and oxygen atoms in total. The van der Waals surface area contributed by atoms with Crippen LogP contribution in [-0.4, -0.2) is 61.0 Å². The molecule has 1 aromatic heterocycles. The zero-order valence-corrected chi connectivity index (χ0v) is 22.5. The van der Waals surface area contributed by atoms with Crippen LogP contribution in [0.25, 0.3) is 0 Å². The second kappa shape index (κ2) is 10.4. The van der Waals surface area contributed by atoms with Crippen LogP contribution < -0.4 is 20.3 Å². The Kier molecular flexibility index (Phi) is 7.11. The Morgan fingerprint density at radius 1 is 1.06 bits per heavy atom. The number of hydrogen-bond donors (Lipinski definition) is 2. The Morgan fingerprint density at radius 2 is 1.86 bits per heavy atom. The van der Waals surface area contributed by atoms with E-state index < -0.39 is 0 Å². The molecule has 2 N–H and O–H groups in total. The van der Waals surface area contributed by atoms with Gasteiger partial charge in [-0.25, -0.2) is 4.98 Å². The maximum atomic E-state index is 12.6. The molecule has 2 heterocycles. The second-order valence-corrected chi connectivity index (χ2v) is 10.2. The summed E-state index contributed by atoms with van der Waals surface area (Å²) in [7, 11) is 3.83. The molecule has 9 heteroatoms. The van der Waals surface area contributed by atoms with E-state index in [1.807, 2.05) is 18.2 Å². The van der Waals surface area contributed by atoms with Crippen LogP contribution in [0.4, 0.5) is 28.8 Å². The van der Waals surface area contributed by atoms with E-state index in [0.717, 1.165) is 72.8 Å². The lowest BCUT2D eigenvalue weighted by molar-refractivity contribution is 0.0973. The molecule has 2 aliphatic rings. The number of piperazine rings is 1. The van der Waals surface area contributed by atoms with Gasteiger partial charge in [-0.15, -0.1) is 0 Å². The number of hydrogen-bond acceptors (Lipinski definition) is 8. The zero-order chi connectivity index (χ0) is 25.2. The number of aromatic nitrogens is 2. The van der Waals surface area contributed by atoms with Crippen molar-refractivity contribution in [1.29, 1.82) is 0 Å². The SMILES string of the molecule is COc1cc(N2CCN(C)CC2)c(C)cc1Nc1ncc(Br)c(Nc2cccc3c2C(=O)CCC3)n1. The number of carbonyl (C=O) groups is 1. The molecular formula is C27H31BrN6O2. The molecule has 0 bridgehead atoms. The summed E-state index contributed by atoms with van der Waals surface area (Å²) in [5, 5.41) is 6.68. The molecule has 0 atom stereocenters. The molecule has 1 aliphatic carbocycles. The van der Waals surface area contributed by atoms with Gasteiger partial charge in [0.25, 0.3) is 0 Å². The highest BCUT2D eigenvalue weighted by Crippen LogP contribution is 2.36. The molecule has 3 aromatic rings. The zero-order valence-electron chi connectivity index (χ0n) is 20.9. The number of nitrogens with one attached hydrogen (secondary N) is 2. The Bertz CT molecular complexity index is 1290. The summed E-state index contributed by atoms with van der Waals surface area (Å²) in [4.78, 5) is 26.5. The molecule has 0 unspecified atom stereocenters. The van der Waals surface area contributed by atoms with Crippen molar-refractivity contribution in [2.24, 2.45) is 0 Å². The molecule has 1 aliphatic heterocycles. The smallest absolute Gasteiger partial charge is 0.229 e. The van der Waals surface area contributed by atoms with E-state index in [1.165, 1.54) is 5.69 Å². The number of likely N-dealkylation sites (N-methyl/N-ethyl adjacent to an activating group) is 1. The number of aryl methyl sites for hydroxylation is 2. The van der Waals surface area contributed by atoms with Gasteiger partial charge in [-0.05, 0) is 66.0 Å². The third-order valence-corrected chi connectivity index (χ3v) is 7.47. The van der Waals surface area contributed by atoms with Gasteiger partial charge < -0.3 is 25.2 Å². The Morgan fingerprint density at radius 3 is 2.64 bits per heavy atom. The highest BCUT2D eigenvalue weighted by atomic mass is 79.9. The average molecular weight is 551 g/mol. The Hall–Kier alpha value is -3.17. The highest BCUT2D eigenvalue weighted by Gasteiger charge is 2.22. The number of fused-ring (bicyclic) bond motifs is 1. The molecule has 188 valence electrons. The fraction of sp³-hybridized carbons (Fsp3) is 0.370. The molecule has 2 aromatic carbocycles. The quantitative estimate of drug-likeness (QED) is 0.427. The molecule has 1 saturated heterocycles. The number of nitrogens with zero attached hydrogens (tertiary/aromatic N) is 4. The average Bonchev–Trinajstić information content (AvgIpc) is 2.87. The maximum absolute atomic E-state index is 12.6. The molecule has 5 rings (SSSR count). The fourth-order valence-electron chi connectivity index (χ4n) is 4.90. The first-order valence-corrected chi connectivity index (χ1v) is 13.1. The van der Waals surface area contributed by atoms with Gasteiger partial charge >= 0.3 is 0 Å². The van der Waals surface area contributed by atoms with Gasteiger partial charge in [0.1, 0.15) is 11.6 Å². The third-order valence-electron chi connectivity index (χ3n) is 6.89. The van der Waals surface area contributed by atoms with E-state index in [0.29, 0.717) is 22.7 Å². The summed E-state index contributed by atoms with van der Waals surface area (Å²) < 4.78 is 6.44. The van der Waals surface area contributed by atoms with Gasteiger partial charge in [-0.2, -0.15) is 4.98 Å². The lowest BCUT2D eigenvalue weighted by atomic mass is 9.89. The van der Waals surface area contributed by atoms with Crippen molar-refractivity contribution in [2.75, 3.05) is 55.9 Å². The third kappa shape index (κ3) is 5.03. The first kappa shape index (κ1) is 24.5. The molecule has 1 fully saturated rings. The van der Waals surface area contributed by atoms with Gasteiger partial charge in [-0.1, -0.05) is 12.1 Å². The summed E-state index contributed by atoms with van der Waals surface area (Å²) in [6, 6.07) is 10.1. The van der Waals surface area contributed by atoms with Crippen molar-refractivity contribution in [3.05, 3.63) is 57.7 Å². The highest BCUT2D eigenvalue weighted by molar-refractivity contribution is 9.10. The normalized spacial score (nSPS) is 16.0. The van der Waals surface area contributed by atoms with Gasteiger partial charge in [0, 0.05) is 56.1 Å². The van der Waals surface area contributed by atoms with Gasteiger partial charge in [0.05, 0.1) is 23.0 Å². The monoisotopic (exact) mass is 550 g/mol. The molecule has 36 heavy (non-hydrogen) atoms. The summed E-state index contributed by atoms with van der Waals surface area (Å²) in [6.45, 7) is 6.18. The standard InChI is InChI=1S/C27H31BrN6O2/c1-17-14-21(24(36-3)15-22(17)34-12-10-33(2)11-13-34)31-27-29-16-19(28)26(32-27)30-20-8-4-6-18-7-5-9-23(35)25(18)20/h4,6,8,14-16H,5,7,9-13H2,1-3H3,(H2,29,30,31,32). The van der Waals surface area contributed by atoms with E-state index in [-0.39, 0.29) is 5.78 Å². The number of anilines is 5. The number of Topliss-reactive ketones (excluding diaryl/α,β-unsaturated/α-hetero) is 1. The van der Waals surface area contributed by atoms with Crippen molar-refractivity contribution in [1.82, 2.24) is 14.9 Å². The largest absolute Gasteiger partial charge is 0.494 e. The van der Waals surface area contributed by atoms with Crippen LogP contribution >= 0.6 is 15.9 Å². The number of carbonyl (C=O) groups excluding carboxylic acids is 1. The minimum absolute atomic E-state index is 0.170. The first-order chi connectivity index (χ1) is 17.4. The van der Waals surface area contributed by atoms with Crippen LogP contribution in [0.3, 0.4) is 0 Å². The maximum Gasteiger partial charge on any atom is 0.229 e. The van der Waals surface area contributed by atoms with Crippen LogP contribution in [0.1, 0.15) is 34.3 Å². The minimum atomic E-state index is 0.170. The van der Waals surface area contributed by atoms with Crippen molar-refractivity contribution in [3.8, 4) is 5.75 Å². The van der Waals surface area contributed by atoms with Crippen LogP contribution in [-0.2, 0) is 6.42 Å². The molecular weight excluding hydrogens is 520 g/mol. The van der Waals surface area contributed by atoms with Crippen molar-refractivity contribution in [2.45, 2.75) is 26.2 Å². The lowest BCUT2D eigenvalue weighted by Gasteiger charge is -2.35. The molecule has 0 saturated carbocycles. The summed E-state index contributed by atoms with van der Waals surface area (Å²) in [5.74, 6) is 1.92. The van der Waals surface area contributed by atoms with E-state index in [9.17, 15) is 4.79 Å². The number of ketones is 1. The summed E-state index contributed by atoms with van der Waals surface area (Å²) in [5.41, 5.74) is 5.76. The number of ether oxygens (including phenoxy) is 1. The van der Waals surface area contributed by atoms with Crippen LogP contribution in [0.15, 0.2) is 41.0 Å². The van der Waals surface area contributed by atoms with Gasteiger partial charge in [0.15, 0.2) is 5.78 Å². The lowest BCUT2D eigenvalue weighted by Crippen LogP contribution is -2.44. The van der Waals surface area contributed by atoms with Crippen molar-refractivity contribution >= 4 is 50.5 Å². The van der Waals surface area contributed by atoms with Crippen molar-refractivity contribution in [3.63, 3.8) is 0 Å². The van der Waals surface area contributed by atoms with E-state index >= 15 is 0 Å². The Labute approximate surface area is 220 Å². The summed E-state index contributed by atoms with van der Waals surface area (Å²) in [6.07, 6.45) is 4.09. The minimum Gasteiger partial charge on any atom is -0.494 e. The predicted molar refractivity (Wildman–Crippen MR) is 147 cm³/mol. The molecule has 0 amide bonds. The van der Waals surface area contributed by atoms with E-state index in [1.54, 1.807) is 13.3 Å². The van der Waals surface area contributed by atoms with Gasteiger partial charge in [-0.3, -0.25) is 4.79 Å². The predicted octanol–water partition coefficient (Wildman–Crippen LogP) is 5.31. The van der Waals surface area contributed by atoms with Crippen molar-refractivity contribution < 1.29 is 9.53 Å². The van der Waals surface area contributed by atoms with E-state index in [2.05, 4.69) is 67.5 Å². The van der Waals surface area contributed by atoms with Gasteiger partial charge in [0.2, 0.25) is 5.95 Å². The summed E-state index contributed by atoms with van der Waals surface area (Å²) >= 11 is 3.55. The number of rotatable bonds is 6. The fourth-order valence-corrected chi connectivity index (χ4v) is 5.19. The number of benzene rings is 2. The topological polar surface area (TPSA) is 82.6 Å². The molecule has 0 spiro atoms. The van der Waals surface area contributed by atoms with E-state index in [4.69, 9.17) is 9.72 Å². The van der Waals surface area contributed by atoms with Crippen LogP contribution in [0.2, 0.25) is 0 Å². The molecule has 0 radical (unpaired) electrons. The van der Waals surface area contributed by atoms with Crippen LogP contribution in [0, 0.1) is 6.92 Å².